The van der Waals surface area contributed by atoms with Crippen LogP contribution in [0, 0.1) is 0 Å². The summed E-state index contributed by atoms with van der Waals surface area (Å²) in [4.78, 5) is 12.3. The molecule has 0 aliphatic carbocycles. The topological polar surface area (TPSA) is 26.3 Å². The first-order valence-electron chi connectivity index (χ1n) is 5.29. The van der Waals surface area contributed by atoms with Crippen LogP contribution in [0.1, 0.15) is 17.3 Å². The van der Waals surface area contributed by atoms with Crippen molar-refractivity contribution in [2.24, 2.45) is 0 Å². The van der Waals surface area contributed by atoms with E-state index in [4.69, 9.17) is 4.74 Å². The molecule has 1 rings (SSSR count). The summed E-state index contributed by atoms with van der Waals surface area (Å²) in [6.07, 6.45) is 3.90. The lowest BCUT2D eigenvalue weighted by molar-refractivity contribution is 0.0927. The molecule has 0 fully saturated rings. The predicted octanol–water partition coefficient (Wildman–Crippen LogP) is 3.80. The third-order valence-corrected chi connectivity index (χ3v) is 4.20. The molecule has 0 saturated carbocycles. The van der Waals surface area contributed by atoms with Crippen LogP contribution in [0.2, 0.25) is 0 Å². The minimum Gasteiger partial charge on any atom is -0.488 e. The van der Waals surface area contributed by atoms with Gasteiger partial charge in [0.25, 0.3) is 0 Å². The Kier molecular flexibility index (Phi) is 6.22. The Morgan fingerprint density at radius 2 is 1.76 bits per heavy atom. The Bertz CT molecular complexity index is 393. The summed E-state index contributed by atoms with van der Waals surface area (Å²) in [5.41, 5.74) is 0.663. The van der Waals surface area contributed by atoms with Crippen LogP contribution in [0.15, 0.2) is 40.3 Å². The van der Waals surface area contributed by atoms with Crippen molar-refractivity contribution < 1.29 is 9.53 Å². The van der Waals surface area contributed by atoms with Crippen molar-refractivity contribution in [3.8, 4) is 0 Å². The molecule has 0 N–H and O–H groups in total. The monoisotopic (exact) mass is 268 g/mol. The largest absolute Gasteiger partial charge is 0.488 e. The van der Waals surface area contributed by atoms with E-state index in [1.54, 1.807) is 12.1 Å². The molecular formula is C13H16O2S2. The number of ether oxygens (including phenoxy) is 1. The number of benzene rings is 1. The summed E-state index contributed by atoms with van der Waals surface area (Å²) in [6, 6.07) is 9.22. The summed E-state index contributed by atoms with van der Waals surface area (Å²) >= 11 is 3.08. The van der Waals surface area contributed by atoms with Gasteiger partial charge in [-0.2, -0.15) is 0 Å². The van der Waals surface area contributed by atoms with Crippen molar-refractivity contribution in [2.45, 2.75) is 6.92 Å². The second-order valence-electron chi connectivity index (χ2n) is 3.15. The molecule has 0 aliphatic heterocycles. The Balaban J connectivity index is 3.08. The van der Waals surface area contributed by atoms with Crippen molar-refractivity contribution in [3.63, 3.8) is 0 Å². The lowest BCUT2D eigenvalue weighted by Gasteiger charge is -2.11. The van der Waals surface area contributed by atoms with Gasteiger partial charge in [0.15, 0.2) is 5.76 Å². The number of hydrogen-bond acceptors (Lipinski definition) is 4. The van der Waals surface area contributed by atoms with E-state index in [2.05, 4.69) is 0 Å². The van der Waals surface area contributed by atoms with Gasteiger partial charge in [0, 0.05) is 5.56 Å². The van der Waals surface area contributed by atoms with Crippen LogP contribution in [0.4, 0.5) is 0 Å². The molecule has 2 nitrogen and oxygen atoms in total. The molecule has 4 heteroatoms. The van der Waals surface area contributed by atoms with Crippen molar-refractivity contribution >= 4 is 29.3 Å². The van der Waals surface area contributed by atoms with Gasteiger partial charge in [-0.05, 0) is 19.4 Å². The highest BCUT2D eigenvalue weighted by Gasteiger charge is 2.17. The summed E-state index contributed by atoms with van der Waals surface area (Å²) in [7, 11) is 0. The minimum absolute atomic E-state index is 0.0499. The molecule has 0 unspecified atom stereocenters. The van der Waals surface area contributed by atoms with E-state index in [1.807, 2.05) is 37.6 Å². The average Bonchev–Trinajstić information content (AvgIpc) is 2.39. The molecular weight excluding hydrogens is 252 g/mol. The smallest absolute Gasteiger partial charge is 0.229 e. The number of thioether (sulfide) groups is 2. The maximum absolute atomic E-state index is 12.3. The highest BCUT2D eigenvalue weighted by Crippen LogP contribution is 2.29. The average molecular weight is 268 g/mol. The summed E-state index contributed by atoms with van der Waals surface area (Å²) in [5.74, 6) is 0.407. The van der Waals surface area contributed by atoms with Gasteiger partial charge in [-0.25, -0.2) is 0 Å². The number of allylic oxidation sites excluding steroid dienone is 1. The van der Waals surface area contributed by atoms with Gasteiger partial charge in [0.1, 0.15) is 0 Å². The van der Waals surface area contributed by atoms with Gasteiger partial charge >= 0.3 is 0 Å². The minimum atomic E-state index is -0.0499. The van der Waals surface area contributed by atoms with E-state index in [0.29, 0.717) is 17.9 Å². The number of rotatable bonds is 6. The van der Waals surface area contributed by atoms with Gasteiger partial charge in [-0.15, -0.1) is 23.5 Å². The van der Waals surface area contributed by atoms with Crippen LogP contribution in [0.5, 0.6) is 0 Å². The molecule has 0 bridgehead atoms. The molecule has 0 amide bonds. The molecule has 0 aliphatic rings. The van der Waals surface area contributed by atoms with E-state index >= 15 is 0 Å². The van der Waals surface area contributed by atoms with Crippen molar-refractivity contribution in [2.75, 3.05) is 19.1 Å². The number of ketones is 1. The number of hydrogen-bond donors (Lipinski definition) is 0. The van der Waals surface area contributed by atoms with Crippen molar-refractivity contribution in [1.29, 1.82) is 0 Å². The molecule has 1 aromatic rings. The summed E-state index contributed by atoms with van der Waals surface area (Å²) in [6.45, 7) is 2.38. The fourth-order valence-electron chi connectivity index (χ4n) is 1.35. The Hall–Kier alpha value is -0.870. The van der Waals surface area contributed by atoms with E-state index in [0.717, 1.165) is 4.24 Å². The zero-order valence-corrected chi connectivity index (χ0v) is 11.9. The highest BCUT2D eigenvalue weighted by atomic mass is 32.2. The quantitative estimate of drug-likeness (QED) is 0.445. The molecule has 92 valence electrons. The van der Waals surface area contributed by atoms with Gasteiger partial charge in [-0.3, -0.25) is 4.79 Å². The second-order valence-corrected chi connectivity index (χ2v) is 5.04. The van der Waals surface area contributed by atoms with Crippen molar-refractivity contribution in [3.05, 3.63) is 45.9 Å². The van der Waals surface area contributed by atoms with Gasteiger partial charge in [-0.1, -0.05) is 30.3 Å². The molecule has 17 heavy (non-hydrogen) atoms. The van der Waals surface area contributed by atoms with Crippen LogP contribution in [-0.4, -0.2) is 24.9 Å². The fourth-order valence-corrected chi connectivity index (χ4v) is 2.69. The fraction of sp³-hybridized carbons (Fsp3) is 0.308. The Labute approximate surface area is 111 Å². The lowest BCUT2D eigenvalue weighted by atomic mass is 10.1. The standard InChI is InChI=1S/C13H16O2S2/c1-4-15-12(13(16-2)17-3)11(14)10-8-6-5-7-9-10/h5-9H,4H2,1-3H3. The maximum atomic E-state index is 12.3. The van der Waals surface area contributed by atoms with E-state index in [9.17, 15) is 4.79 Å². The second kappa shape index (κ2) is 7.45. The molecule has 0 radical (unpaired) electrons. The van der Waals surface area contributed by atoms with E-state index in [1.165, 1.54) is 23.5 Å². The van der Waals surface area contributed by atoms with Gasteiger partial charge in [0.05, 0.1) is 10.8 Å². The van der Waals surface area contributed by atoms with Crippen molar-refractivity contribution in [1.82, 2.24) is 0 Å². The van der Waals surface area contributed by atoms with Crippen LogP contribution in [0.25, 0.3) is 0 Å². The molecule has 0 heterocycles. The lowest BCUT2D eigenvalue weighted by Crippen LogP contribution is -2.08. The Morgan fingerprint density at radius 1 is 1.18 bits per heavy atom. The first kappa shape index (κ1) is 14.2. The van der Waals surface area contributed by atoms with Crippen LogP contribution in [0.3, 0.4) is 0 Å². The highest BCUT2D eigenvalue weighted by molar-refractivity contribution is 8.21. The van der Waals surface area contributed by atoms with Gasteiger partial charge < -0.3 is 4.74 Å². The summed E-state index contributed by atoms with van der Waals surface area (Å²) < 4.78 is 6.41. The predicted molar refractivity (Wildman–Crippen MR) is 76.5 cm³/mol. The number of carbonyl (C=O) groups is 1. The maximum Gasteiger partial charge on any atom is 0.229 e. The first-order chi connectivity index (χ1) is 8.24. The van der Waals surface area contributed by atoms with Crippen LogP contribution in [-0.2, 0) is 4.74 Å². The molecule has 1 aromatic carbocycles. The van der Waals surface area contributed by atoms with E-state index < -0.39 is 0 Å². The third kappa shape index (κ3) is 3.82. The van der Waals surface area contributed by atoms with Crippen LogP contribution >= 0.6 is 23.5 Å². The number of Topliss-reactive ketones (excluding diaryl/α,β-unsaturated/α-hetero) is 1. The normalized spacial score (nSPS) is 9.82. The molecule has 0 saturated heterocycles. The van der Waals surface area contributed by atoms with Gasteiger partial charge in [0.2, 0.25) is 5.78 Å². The zero-order chi connectivity index (χ0) is 12.7. The number of carbonyl (C=O) groups excluding carboxylic acids is 1. The Morgan fingerprint density at radius 3 is 2.24 bits per heavy atom. The molecule has 0 aromatic heterocycles. The third-order valence-electron chi connectivity index (χ3n) is 2.09. The molecule has 0 spiro atoms. The summed E-state index contributed by atoms with van der Waals surface area (Å²) in [5, 5.41) is 0. The molecule has 0 atom stereocenters. The van der Waals surface area contributed by atoms with E-state index in [-0.39, 0.29) is 5.78 Å². The van der Waals surface area contributed by atoms with Crippen LogP contribution < -0.4 is 0 Å². The zero-order valence-electron chi connectivity index (χ0n) is 10.2. The SMILES string of the molecule is CCOC(C(=O)c1ccccc1)=C(SC)SC. The first-order valence-corrected chi connectivity index (χ1v) is 7.74.